The van der Waals surface area contributed by atoms with Crippen LogP contribution in [0.2, 0.25) is 0 Å². The van der Waals surface area contributed by atoms with Gasteiger partial charge in [-0.25, -0.2) is 0 Å². The van der Waals surface area contributed by atoms with E-state index in [2.05, 4.69) is 17.2 Å². The zero-order valence-electron chi connectivity index (χ0n) is 10.5. The molecule has 0 bridgehead atoms. The number of carbonyl (C=O) groups is 1. The molecule has 7 heteroatoms. The van der Waals surface area contributed by atoms with E-state index in [9.17, 15) is 14.9 Å². The third-order valence-corrected chi connectivity index (χ3v) is 2.40. The third-order valence-electron chi connectivity index (χ3n) is 2.15. The highest BCUT2D eigenvalue weighted by Crippen LogP contribution is 2.13. The molecule has 0 spiro atoms. The molecule has 1 rings (SSSR count). The van der Waals surface area contributed by atoms with Crippen molar-refractivity contribution in [2.45, 2.75) is 0 Å². The molecule has 0 fully saturated rings. The van der Waals surface area contributed by atoms with Crippen molar-refractivity contribution in [1.29, 1.82) is 0 Å². The molecule has 20 heavy (non-hydrogen) atoms. The van der Waals surface area contributed by atoms with Crippen molar-refractivity contribution in [2.75, 3.05) is 6.54 Å². The Morgan fingerprint density at radius 1 is 1.50 bits per heavy atom. The number of nitrogens with one attached hydrogen (secondary N) is 2. The minimum absolute atomic E-state index is 0.0317. The van der Waals surface area contributed by atoms with Crippen molar-refractivity contribution < 1.29 is 9.72 Å². The second-order valence-electron chi connectivity index (χ2n) is 3.67. The lowest BCUT2D eigenvalue weighted by Crippen LogP contribution is -2.38. The van der Waals surface area contributed by atoms with Crippen LogP contribution in [0.25, 0.3) is 6.08 Å². The van der Waals surface area contributed by atoms with Crippen LogP contribution >= 0.6 is 12.2 Å². The van der Waals surface area contributed by atoms with Crippen LogP contribution in [0.5, 0.6) is 0 Å². The van der Waals surface area contributed by atoms with Gasteiger partial charge in [0.15, 0.2) is 5.11 Å². The van der Waals surface area contributed by atoms with Crippen LogP contribution in [0.15, 0.2) is 43.0 Å². The van der Waals surface area contributed by atoms with Crippen LogP contribution < -0.4 is 10.6 Å². The number of non-ortho nitro benzene ring substituents is 1. The van der Waals surface area contributed by atoms with Crippen LogP contribution in [0.3, 0.4) is 0 Å². The summed E-state index contributed by atoms with van der Waals surface area (Å²) in [6.45, 7) is 3.96. The lowest BCUT2D eigenvalue weighted by Gasteiger charge is -2.04. The van der Waals surface area contributed by atoms with Crippen LogP contribution in [0.1, 0.15) is 5.56 Å². The van der Waals surface area contributed by atoms with Crippen LogP contribution in [-0.4, -0.2) is 22.5 Å². The van der Waals surface area contributed by atoms with Gasteiger partial charge in [0.25, 0.3) is 5.69 Å². The van der Waals surface area contributed by atoms with Crippen LogP contribution in [0.4, 0.5) is 5.69 Å². The highest BCUT2D eigenvalue weighted by atomic mass is 32.1. The van der Waals surface area contributed by atoms with Crippen molar-refractivity contribution in [1.82, 2.24) is 10.6 Å². The summed E-state index contributed by atoms with van der Waals surface area (Å²) < 4.78 is 0. The minimum atomic E-state index is -0.494. The van der Waals surface area contributed by atoms with Gasteiger partial charge in [-0.1, -0.05) is 18.2 Å². The molecule has 1 aromatic carbocycles. The molecule has 0 saturated heterocycles. The Kier molecular flexibility index (Phi) is 6.05. The molecule has 0 heterocycles. The zero-order chi connectivity index (χ0) is 15.0. The summed E-state index contributed by atoms with van der Waals surface area (Å²) in [5.41, 5.74) is 0.523. The summed E-state index contributed by atoms with van der Waals surface area (Å²) in [7, 11) is 0. The summed E-state index contributed by atoms with van der Waals surface area (Å²) in [6, 6.07) is 5.96. The Hall–Kier alpha value is -2.54. The predicted molar refractivity (Wildman–Crippen MR) is 81.1 cm³/mol. The molecule has 0 saturated carbocycles. The van der Waals surface area contributed by atoms with Gasteiger partial charge in [-0.15, -0.1) is 6.58 Å². The standard InChI is InChI=1S/C13H13N3O3S/c1-2-8-14-13(20)15-12(17)7-6-10-4-3-5-11(9-10)16(18)19/h2-7,9H,1,8H2,(H2,14,15,17,20)/b7-6+. The lowest BCUT2D eigenvalue weighted by atomic mass is 10.2. The van der Waals surface area contributed by atoms with E-state index in [1.54, 1.807) is 18.2 Å². The first kappa shape index (κ1) is 15.5. The maximum Gasteiger partial charge on any atom is 0.270 e. The number of nitro groups is 1. The summed E-state index contributed by atoms with van der Waals surface area (Å²) in [5, 5.41) is 16.0. The van der Waals surface area contributed by atoms with Gasteiger partial charge >= 0.3 is 0 Å². The molecule has 0 aliphatic carbocycles. The van der Waals surface area contributed by atoms with E-state index in [0.29, 0.717) is 12.1 Å². The van der Waals surface area contributed by atoms with Crippen LogP contribution in [-0.2, 0) is 4.79 Å². The molecule has 0 aromatic heterocycles. The minimum Gasteiger partial charge on any atom is -0.359 e. The Bertz CT molecular complexity index is 570. The summed E-state index contributed by atoms with van der Waals surface area (Å²) in [6.07, 6.45) is 4.33. The number of hydrogen-bond acceptors (Lipinski definition) is 4. The van der Waals surface area contributed by atoms with Gasteiger partial charge in [0.05, 0.1) is 4.92 Å². The molecule has 0 atom stereocenters. The van der Waals surface area contributed by atoms with Crippen molar-refractivity contribution in [3.8, 4) is 0 Å². The molecule has 1 aromatic rings. The number of rotatable bonds is 5. The smallest absolute Gasteiger partial charge is 0.270 e. The molecular formula is C13H13N3O3S. The highest BCUT2D eigenvalue weighted by Gasteiger charge is 2.04. The Morgan fingerprint density at radius 3 is 2.90 bits per heavy atom. The fourth-order valence-corrected chi connectivity index (χ4v) is 1.46. The van der Waals surface area contributed by atoms with E-state index in [-0.39, 0.29) is 10.8 Å². The first-order chi connectivity index (χ1) is 9.52. The monoisotopic (exact) mass is 291 g/mol. The van der Waals surface area contributed by atoms with Gasteiger partial charge in [0.2, 0.25) is 5.91 Å². The largest absolute Gasteiger partial charge is 0.359 e. The van der Waals surface area contributed by atoms with Crippen LogP contribution in [0, 0.1) is 10.1 Å². The quantitative estimate of drug-likeness (QED) is 0.284. The number of benzene rings is 1. The number of nitro benzene ring substituents is 1. The molecule has 0 radical (unpaired) electrons. The summed E-state index contributed by atoms with van der Waals surface area (Å²) >= 11 is 4.87. The molecule has 104 valence electrons. The Morgan fingerprint density at radius 2 is 2.25 bits per heavy atom. The molecule has 0 aliphatic rings. The maximum atomic E-state index is 11.5. The second-order valence-corrected chi connectivity index (χ2v) is 4.08. The van der Waals surface area contributed by atoms with E-state index in [4.69, 9.17) is 12.2 Å². The molecular weight excluding hydrogens is 278 g/mol. The van der Waals surface area contributed by atoms with Gasteiger partial charge in [-0.05, 0) is 23.9 Å². The molecule has 0 unspecified atom stereocenters. The first-order valence-corrected chi connectivity index (χ1v) is 6.06. The van der Waals surface area contributed by atoms with E-state index in [1.165, 1.54) is 24.3 Å². The third kappa shape index (κ3) is 5.40. The van der Waals surface area contributed by atoms with Gasteiger partial charge in [-0.2, -0.15) is 0 Å². The van der Waals surface area contributed by atoms with Crippen molar-refractivity contribution >= 4 is 35.0 Å². The van der Waals surface area contributed by atoms with Crippen molar-refractivity contribution in [3.05, 3.63) is 58.7 Å². The van der Waals surface area contributed by atoms with E-state index < -0.39 is 10.8 Å². The number of carbonyl (C=O) groups excluding carboxylic acids is 1. The molecule has 0 aliphatic heterocycles. The summed E-state index contributed by atoms with van der Waals surface area (Å²) in [4.78, 5) is 21.6. The number of hydrogen-bond donors (Lipinski definition) is 2. The number of thiocarbonyl (C=S) groups is 1. The molecule has 1 amide bonds. The zero-order valence-corrected chi connectivity index (χ0v) is 11.4. The van der Waals surface area contributed by atoms with E-state index >= 15 is 0 Å². The normalized spacial score (nSPS) is 10.0. The Labute approximate surface area is 121 Å². The van der Waals surface area contributed by atoms with E-state index in [0.717, 1.165) is 0 Å². The number of amides is 1. The predicted octanol–water partition coefficient (Wildman–Crippen LogP) is 1.78. The average Bonchev–Trinajstić information content (AvgIpc) is 2.43. The van der Waals surface area contributed by atoms with Gasteiger partial charge in [0, 0.05) is 24.8 Å². The average molecular weight is 291 g/mol. The molecule has 6 nitrogen and oxygen atoms in total. The van der Waals surface area contributed by atoms with E-state index in [1.807, 2.05) is 0 Å². The van der Waals surface area contributed by atoms with Gasteiger partial charge in [-0.3, -0.25) is 20.2 Å². The van der Waals surface area contributed by atoms with Crippen molar-refractivity contribution in [2.24, 2.45) is 0 Å². The lowest BCUT2D eigenvalue weighted by molar-refractivity contribution is -0.384. The molecule has 2 N–H and O–H groups in total. The SMILES string of the molecule is C=CCNC(=S)NC(=O)/C=C/c1cccc([N+](=O)[O-])c1. The Balaban J connectivity index is 2.61. The number of nitrogens with zero attached hydrogens (tertiary/aromatic N) is 1. The fourth-order valence-electron chi connectivity index (χ4n) is 1.28. The highest BCUT2D eigenvalue weighted by molar-refractivity contribution is 7.80. The second kappa shape index (κ2) is 7.80. The topological polar surface area (TPSA) is 84.3 Å². The van der Waals surface area contributed by atoms with Gasteiger partial charge in [0.1, 0.15) is 0 Å². The first-order valence-electron chi connectivity index (χ1n) is 5.65. The van der Waals surface area contributed by atoms with Crippen molar-refractivity contribution in [3.63, 3.8) is 0 Å². The maximum absolute atomic E-state index is 11.5. The summed E-state index contributed by atoms with van der Waals surface area (Å²) in [5.74, 6) is -0.418. The van der Waals surface area contributed by atoms with Gasteiger partial charge < -0.3 is 5.32 Å². The fraction of sp³-hybridized carbons (Fsp3) is 0.0769.